The second kappa shape index (κ2) is 9.36. The molecule has 43 heavy (non-hydrogen) atoms. The molecule has 5 nitrogen and oxygen atoms in total. The Labute approximate surface area is 246 Å². The molecule has 0 fully saturated rings. The number of hydrogen-bond acceptors (Lipinski definition) is 5. The van der Waals surface area contributed by atoms with Crippen LogP contribution in [-0.4, -0.2) is 16.7 Å². The summed E-state index contributed by atoms with van der Waals surface area (Å²) in [5.41, 5.74) is 4.49. The lowest BCUT2D eigenvalue weighted by Crippen LogP contribution is -2.36. The summed E-state index contributed by atoms with van der Waals surface area (Å²) in [6, 6.07) is 42.2. The molecule has 2 aromatic heterocycles. The molecule has 1 N–H and O–H groups in total. The summed E-state index contributed by atoms with van der Waals surface area (Å²) < 4.78 is 6.17. The van der Waals surface area contributed by atoms with Gasteiger partial charge in [-0.1, -0.05) is 109 Å². The van der Waals surface area contributed by atoms with Crippen LogP contribution in [0.3, 0.4) is 0 Å². The van der Waals surface area contributed by atoms with Gasteiger partial charge in [0.2, 0.25) is 0 Å². The third kappa shape index (κ3) is 3.75. The molecule has 6 aromatic carbocycles. The van der Waals surface area contributed by atoms with E-state index in [1.807, 2.05) is 42.6 Å². The van der Waals surface area contributed by atoms with E-state index < -0.39 is 6.17 Å². The highest BCUT2D eigenvalue weighted by Gasteiger charge is 2.25. The number of benzene rings is 6. The van der Waals surface area contributed by atoms with Gasteiger partial charge >= 0.3 is 0 Å². The Kier molecular flexibility index (Phi) is 5.19. The largest absolute Gasteiger partial charge is 0.454 e. The Morgan fingerprint density at radius 1 is 0.535 bits per heavy atom. The van der Waals surface area contributed by atoms with Crippen LogP contribution in [0.15, 0.2) is 148 Å². The SMILES string of the molecule is c1ccc(C2=NC(c3cc4ccc5ccccc5c4c4ccccc34)N=C(c3cncc4oc5ccccc5c34)N2)cc1. The predicted octanol–water partition coefficient (Wildman–Crippen LogP) is 8.94. The van der Waals surface area contributed by atoms with Crippen molar-refractivity contribution >= 4 is 65.9 Å². The monoisotopic (exact) mass is 552 g/mol. The third-order valence-corrected chi connectivity index (χ3v) is 8.39. The molecule has 1 aliphatic rings. The van der Waals surface area contributed by atoms with Crippen LogP contribution in [0.1, 0.15) is 22.9 Å². The fourth-order valence-corrected chi connectivity index (χ4v) is 6.45. The number of furan rings is 1. The summed E-state index contributed by atoms with van der Waals surface area (Å²) >= 11 is 0. The van der Waals surface area contributed by atoms with E-state index in [1.54, 1.807) is 6.20 Å². The summed E-state index contributed by atoms with van der Waals surface area (Å²) in [7, 11) is 0. The smallest absolute Gasteiger partial charge is 0.170 e. The van der Waals surface area contributed by atoms with E-state index in [1.165, 1.54) is 26.9 Å². The summed E-state index contributed by atoms with van der Waals surface area (Å²) in [6.07, 6.45) is 3.17. The van der Waals surface area contributed by atoms with Crippen molar-refractivity contribution in [3.63, 3.8) is 0 Å². The summed E-state index contributed by atoms with van der Waals surface area (Å²) in [5, 5.41) is 12.8. The summed E-state index contributed by atoms with van der Waals surface area (Å²) in [5.74, 6) is 1.48. The molecular weight excluding hydrogens is 528 g/mol. The molecule has 202 valence electrons. The van der Waals surface area contributed by atoms with E-state index in [2.05, 4.69) is 95.2 Å². The van der Waals surface area contributed by atoms with Crippen molar-refractivity contribution in [3.8, 4) is 0 Å². The number of hydrogen-bond donors (Lipinski definition) is 1. The lowest BCUT2D eigenvalue weighted by atomic mass is 9.92. The van der Waals surface area contributed by atoms with E-state index in [0.29, 0.717) is 5.84 Å². The van der Waals surface area contributed by atoms with Crippen molar-refractivity contribution in [2.45, 2.75) is 6.17 Å². The number of para-hydroxylation sites is 1. The molecule has 8 aromatic rings. The molecule has 1 aliphatic heterocycles. The first-order valence-corrected chi connectivity index (χ1v) is 14.4. The first-order chi connectivity index (χ1) is 21.3. The Hall–Kier alpha value is -5.81. The minimum Gasteiger partial charge on any atom is -0.454 e. The maximum atomic E-state index is 6.17. The number of amidine groups is 2. The Bertz CT molecular complexity index is 2440. The summed E-state index contributed by atoms with van der Waals surface area (Å²) in [6.45, 7) is 0. The number of nitrogens with zero attached hydrogens (tertiary/aromatic N) is 3. The first-order valence-electron chi connectivity index (χ1n) is 14.4. The Balaban J connectivity index is 1.32. The van der Waals surface area contributed by atoms with Crippen molar-refractivity contribution in [1.82, 2.24) is 10.3 Å². The second-order valence-electron chi connectivity index (χ2n) is 10.9. The van der Waals surface area contributed by atoms with Crippen molar-refractivity contribution in [2.75, 3.05) is 0 Å². The van der Waals surface area contributed by atoms with Crippen molar-refractivity contribution < 1.29 is 4.42 Å². The lowest BCUT2D eigenvalue weighted by molar-refractivity contribution is 0.667. The fraction of sp³-hybridized carbons (Fsp3) is 0.0263. The maximum Gasteiger partial charge on any atom is 0.170 e. The van der Waals surface area contributed by atoms with Crippen LogP contribution < -0.4 is 5.32 Å². The quantitative estimate of drug-likeness (QED) is 0.223. The van der Waals surface area contributed by atoms with E-state index in [4.69, 9.17) is 14.4 Å². The zero-order valence-corrected chi connectivity index (χ0v) is 23.0. The van der Waals surface area contributed by atoms with Gasteiger partial charge in [-0.15, -0.1) is 0 Å². The molecule has 0 amide bonds. The van der Waals surface area contributed by atoms with Crippen LogP contribution in [0.2, 0.25) is 0 Å². The van der Waals surface area contributed by atoms with Crippen LogP contribution in [0.5, 0.6) is 0 Å². The predicted molar refractivity (Wildman–Crippen MR) is 176 cm³/mol. The molecule has 0 spiro atoms. The molecule has 1 unspecified atom stereocenters. The molecule has 0 saturated heterocycles. The van der Waals surface area contributed by atoms with E-state index in [0.717, 1.165) is 49.9 Å². The number of nitrogens with one attached hydrogen (secondary N) is 1. The standard InChI is InChI=1S/C38H24N4O/c1-2-11-24(12-3-1)36-40-37(42-38(41-36)31-21-39-22-33-35(31)29-16-8-9-17-32(29)43-33)30-20-25-19-18-23-10-4-5-13-26(23)34(25)28-15-7-6-14-27(28)30/h1-22,37H,(H,40,41,42). The molecule has 0 aliphatic carbocycles. The van der Waals surface area contributed by atoms with Crippen molar-refractivity contribution in [2.24, 2.45) is 9.98 Å². The average Bonchev–Trinajstić information content (AvgIpc) is 3.47. The number of rotatable bonds is 3. The minimum atomic E-state index is -0.472. The fourth-order valence-electron chi connectivity index (χ4n) is 6.45. The molecule has 0 bridgehead atoms. The van der Waals surface area contributed by atoms with Gasteiger partial charge in [0.1, 0.15) is 17.3 Å². The van der Waals surface area contributed by atoms with Gasteiger partial charge in [-0.3, -0.25) is 4.98 Å². The Morgan fingerprint density at radius 3 is 2.12 bits per heavy atom. The zero-order chi connectivity index (χ0) is 28.3. The molecule has 5 heteroatoms. The number of pyridine rings is 1. The van der Waals surface area contributed by atoms with Crippen LogP contribution >= 0.6 is 0 Å². The first kappa shape index (κ1) is 23.9. The maximum absolute atomic E-state index is 6.17. The topological polar surface area (TPSA) is 62.8 Å². The van der Waals surface area contributed by atoms with Gasteiger partial charge in [-0.2, -0.15) is 0 Å². The van der Waals surface area contributed by atoms with Crippen LogP contribution in [0.25, 0.3) is 54.3 Å². The third-order valence-electron chi connectivity index (χ3n) is 8.39. The van der Waals surface area contributed by atoms with Crippen LogP contribution in [0, 0.1) is 0 Å². The molecule has 1 atom stereocenters. The molecule has 3 heterocycles. The van der Waals surface area contributed by atoms with Gasteiger partial charge in [-0.25, -0.2) is 9.98 Å². The lowest BCUT2D eigenvalue weighted by Gasteiger charge is -2.24. The van der Waals surface area contributed by atoms with E-state index >= 15 is 0 Å². The number of aromatic nitrogens is 1. The summed E-state index contributed by atoms with van der Waals surface area (Å²) in [4.78, 5) is 15.1. The van der Waals surface area contributed by atoms with Crippen LogP contribution in [0.4, 0.5) is 0 Å². The van der Waals surface area contributed by atoms with Gasteiger partial charge in [0.05, 0.1) is 6.20 Å². The number of aliphatic imine (C=N–C) groups is 2. The highest BCUT2D eigenvalue weighted by atomic mass is 16.3. The van der Waals surface area contributed by atoms with Gasteiger partial charge < -0.3 is 9.73 Å². The Morgan fingerprint density at radius 2 is 1.23 bits per heavy atom. The van der Waals surface area contributed by atoms with E-state index in [9.17, 15) is 0 Å². The molecular formula is C38H24N4O. The highest BCUT2D eigenvalue weighted by Crippen LogP contribution is 2.39. The minimum absolute atomic E-state index is 0.472. The van der Waals surface area contributed by atoms with Crippen molar-refractivity contribution in [3.05, 3.63) is 150 Å². The van der Waals surface area contributed by atoms with Crippen molar-refractivity contribution in [1.29, 1.82) is 0 Å². The second-order valence-corrected chi connectivity index (χ2v) is 10.9. The van der Waals surface area contributed by atoms with Gasteiger partial charge in [0.15, 0.2) is 11.7 Å². The van der Waals surface area contributed by atoms with E-state index in [-0.39, 0.29) is 0 Å². The molecule has 0 radical (unpaired) electrons. The number of fused-ring (bicyclic) bond motifs is 8. The zero-order valence-electron chi connectivity index (χ0n) is 23.0. The molecule has 0 saturated carbocycles. The van der Waals surface area contributed by atoms with Gasteiger partial charge in [-0.05, 0) is 44.5 Å². The van der Waals surface area contributed by atoms with Gasteiger partial charge in [0.25, 0.3) is 0 Å². The highest BCUT2D eigenvalue weighted by molar-refractivity contribution is 6.24. The normalized spacial score (nSPS) is 15.2. The van der Waals surface area contributed by atoms with Crippen LogP contribution in [-0.2, 0) is 0 Å². The molecule has 9 rings (SSSR count). The average molecular weight is 553 g/mol. The van der Waals surface area contributed by atoms with Gasteiger partial charge in [0, 0.05) is 33.7 Å².